The molecular formula is C54H103N2O6P. The summed E-state index contributed by atoms with van der Waals surface area (Å²) in [5, 5.41) is 13.7. The van der Waals surface area contributed by atoms with E-state index in [0.717, 1.165) is 44.9 Å². The number of allylic oxidation sites excluding steroid dienone is 7. The van der Waals surface area contributed by atoms with E-state index in [1.54, 1.807) is 6.08 Å². The Labute approximate surface area is 390 Å². The molecule has 63 heavy (non-hydrogen) atoms. The first-order valence-corrected chi connectivity index (χ1v) is 28.3. The number of rotatable bonds is 50. The minimum atomic E-state index is -4.36. The van der Waals surface area contributed by atoms with Crippen molar-refractivity contribution in [2.45, 2.75) is 270 Å². The van der Waals surface area contributed by atoms with Gasteiger partial charge in [-0.1, -0.05) is 229 Å². The lowest BCUT2D eigenvalue weighted by Gasteiger charge is -2.23. The lowest BCUT2D eigenvalue weighted by atomic mass is 10.0. The van der Waals surface area contributed by atoms with Gasteiger partial charge in [0.15, 0.2) is 0 Å². The molecule has 0 fully saturated rings. The van der Waals surface area contributed by atoms with Crippen LogP contribution in [0.3, 0.4) is 0 Å². The normalized spacial score (nSPS) is 14.2. The van der Waals surface area contributed by atoms with Crippen LogP contribution >= 0.6 is 7.82 Å². The summed E-state index contributed by atoms with van der Waals surface area (Å²) >= 11 is 0. The van der Waals surface area contributed by atoms with Gasteiger partial charge in [0.05, 0.1) is 25.4 Å². The van der Waals surface area contributed by atoms with Crippen LogP contribution in [-0.4, -0.2) is 47.8 Å². The lowest BCUT2D eigenvalue weighted by molar-refractivity contribution is -0.123. The van der Waals surface area contributed by atoms with Crippen molar-refractivity contribution in [1.29, 1.82) is 0 Å². The summed E-state index contributed by atoms with van der Waals surface area (Å²) in [7, 11) is -4.36. The number of nitrogens with two attached hydrogens (primary N) is 1. The molecular weight excluding hydrogens is 804 g/mol. The molecule has 0 aliphatic heterocycles. The number of carbonyl (C=O) groups excluding carboxylic acids is 1. The average molecular weight is 907 g/mol. The number of phosphoric ester groups is 1. The summed E-state index contributed by atoms with van der Waals surface area (Å²) in [6, 6.07) is -0.885. The summed E-state index contributed by atoms with van der Waals surface area (Å²) in [5.41, 5.74) is 5.39. The summed E-state index contributed by atoms with van der Waals surface area (Å²) in [4.78, 5) is 22.8. The van der Waals surface area contributed by atoms with Crippen LogP contribution in [-0.2, 0) is 18.4 Å². The van der Waals surface area contributed by atoms with Gasteiger partial charge >= 0.3 is 7.82 Å². The topological polar surface area (TPSA) is 131 Å². The van der Waals surface area contributed by atoms with E-state index in [4.69, 9.17) is 14.8 Å². The molecule has 5 N–H and O–H groups in total. The molecule has 0 aromatic rings. The fourth-order valence-electron chi connectivity index (χ4n) is 7.81. The predicted molar refractivity (Wildman–Crippen MR) is 272 cm³/mol. The van der Waals surface area contributed by atoms with Gasteiger partial charge in [-0.3, -0.25) is 13.8 Å². The third kappa shape index (κ3) is 48.2. The van der Waals surface area contributed by atoms with Crippen molar-refractivity contribution >= 4 is 13.7 Å². The van der Waals surface area contributed by atoms with E-state index in [-0.39, 0.29) is 25.7 Å². The van der Waals surface area contributed by atoms with Crippen LogP contribution in [0.4, 0.5) is 0 Å². The first-order chi connectivity index (χ1) is 30.9. The number of phosphoric acid groups is 1. The molecule has 0 saturated heterocycles. The molecule has 0 rings (SSSR count). The number of unbranched alkanes of at least 4 members (excludes halogenated alkanes) is 32. The first-order valence-electron chi connectivity index (χ1n) is 26.8. The zero-order valence-electron chi connectivity index (χ0n) is 41.3. The lowest BCUT2D eigenvalue weighted by Crippen LogP contribution is -2.45. The van der Waals surface area contributed by atoms with Gasteiger partial charge in [0.1, 0.15) is 0 Å². The maximum atomic E-state index is 12.8. The molecule has 8 nitrogen and oxygen atoms in total. The molecule has 0 heterocycles. The highest BCUT2D eigenvalue weighted by atomic mass is 31.2. The molecule has 1 amide bonds. The van der Waals surface area contributed by atoms with Crippen LogP contribution in [0.15, 0.2) is 48.6 Å². The summed E-state index contributed by atoms with van der Waals surface area (Å²) in [6.45, 7) is 4.13. The van der Waals surface area contributed by atoms with Crippen LogP contribution in [0.1, 0.15) is 258 Å². The van der Waals surface area contributed by atoms with Gasteiger partial charge in [-0.2, -0.15) is 0 Å². The Morgan fingerprint density at radius 3 is 1.22 bits per heavy atom. The summed E-state index contributed by atoms with van der Waals surface area (Å²) in [5.74, 6) is -0.207. The van der Waals surface area contributed by atoms with E-state index in [9.17, 15) is 19.4 Å². The Morgan fingerprint density at radius 1 is 0.508 bits per heavy atom. The number of aliphatic hydroxyl groups excluding tert-OH is 1. The fourth-order valence-corrected chi connectivity index (χ4v) is 8.57. The highest BCUT2D eigenvalue weighted by molar-refractivity contribution is 7.47. The van der Waals surface area contributed by atoms with Crippen molar-refractivity contribution in [3.8, 4) is 0 Å². The van der Waals surface area contributed by atoms with Crippen molar-refractivity contribution in [3.63, 3.8) is 0 Å². The minimum absolute atomic E-state index is 0.0712. The molecule has 0 aromatic heterocycles. The second-order valence-electron chi connectivity index (χ2n) is 18.1. The van der Waals surface area contributed by atoms with Gasteiger partial charge in [0.25, 0.3) is 0 Å². The molecule has 0 aliphatic carbocycles. The third-order valence-electron chi connectivity index (χ3n) is 11.9. The predicted octanol–water partition coefficient (Wildman–Crippen LogP) is 16.0. The first kappa shape index (κ1) is 61.5. The quantitative estimate of drug-likeness (QED) is 0.0272. The highest BCUT2D eigenvalue weighted by Gasteiger charge is 2.26. The van der Waals surface area contributed by atoms with Crippen molar-refractivity contribution in [2.24, 2.45) is 5.73 Å². The Bertz CT molecular complexity index is 1130. The second kappa shape index (κ2) is 49.9. The third-order valence-corrected chi connectivity index (χ3v) is 12.8. The van der Waals surface area contributed by atoms with E-state index in [0.29, 0.717) is 6.42 Å². The number of hydrogen-bond donors (Lipinski definition) is 4. The Balaban J connectivity index is 4.13. The summed E-state index contributed by atoms with van der Waals surface area (Å²) < 4.78 is 22.2. The number of nitrogens with one attached hydrogen (secondary N) is 1. The Kier molecular flexibility index (Phi) is 48.7. The van der Waals surface area contributed by atoms with E-state index in [1.165, 1.54) is 193 Å². The van der Waals surface area contributed by atoms with Crippen LogP contribution in [0.2, 0.25) is 0 Å². The van der Waals surface area contributed by atoms with Gasteiger partial charge in [0, 0.05) is 13.0 Å². The number of carbonyl (C=O) groups is 1. The van der Waals surface area contributed by atoms with E-state index >= 15 is 0 Å². The van der Waals surface area contributed by atoms with Crippen molar-refractivity contribution in [1.82, 2.24) is 5.32 Å². The maximum Gasteiger partial charge on any atom is 0.472 e. The SMILES string of the molecule is CCCCCCCCCC/C=C\CCCCCCCCCCCCCC(=O)NC(COP(=O)(O)OCCN)C(O)/C=C/CC/C=C/CC/C=C/CCCCCCCCCCCCC. The van der Waals surface area contributed by atoms with Gasteiger partial charge < -0.3 is 21.1 Å². The molecule has 0 saturated carbocycles. The molecule has 370 valence electrons. The largest absolute Gasteiger partial charge is 0.472 e. The fraction of sp³-hybridized carbons (Fsp3) is 0.833. The van der Waals surface area contributed by atoms with E-state index < -0.39 is 20.0 Å². The van der Waals surface area contributed by atoms with Gasteiger partial charge in [-0.15, -0.1) is 0 Å². The highest BCUT2D eigenvalue weighted by Crippen LogP contribution is 2.43. The standard InChI is InChI=1S/C54H103N2O6P/c1-3-5-7-9-11-13-15-17-19-21-23-25-26-28-30-32-34-36-38-40-42-44-46-48-54(58)56-52(51-62-63(59,60)61-50-49-55)53(57)47-45-43-41-39-37-35-33-31-29-27-24-22-20-18-16-14-12-10-8-6-4-2/h21,23,29,31,37,39,45,47,52-53,57H,3-20,22,24-28,30,32-36,38,40-44,46,48-51,55H2,1-2H3,(H,56,58)(H,59,60)/b23-21-,31-29+,39-37+,47-45+. The zero-order valence-corrected chi connectivity index (χ0v) is 42.2. The number of aliphatic hydroxyl groups is 1. The molecule has 0 spiro atoms. The van der Waals surface area contributed by atoms with Crippen LogP contribution in [0.25, 0.3) is 0 Å². The van der Waals surface area contributed by atoms with E-state index in [2.05, 4.69) is 55.6 Å². The van der Waals surface area contributed by atoms with Crippen molar-refractivity contribution in [3.05, 3.63) is 48.6 Å². The molecule has 0 bridgehead atoms. The smallest absolute Gasteiger partial charge is 0.387 e. The minimum Gasteiger partial charge on any atom is -0.387 e. The average Bonchev–Trinajstić information content (AvgIpc) is 3.27. The van der Waals surface area contributed by atoms with Gasteiger partial charge in [0.2, 0.25) is 5.91 Å². The molecule has 0 aliphatic rings. The molecule has 0 aromatic carbocycles. The Morgan fingerprint density at radius 2 is 0.841 bits per heavy atom. The second-order valence-corrected chi connectivity index (χ2v) is 19.5. The molecule has 3 atom stereocenters. The monoisotopic (exact) mass is 907 g/mol. The van der Waals surface area contributed by atoms with Crippen LogP contribution in [0.5, 0.6) is 0 Å². The molecule has 0 radical (unpaired) electrons. The van der Waals surface area contributed by atoms with Gasteiger partial charge in [-0.05, 0) is 70.6 Å². The Hall–Kier alpha value is -1.54. The molecule has 9 heteroatoms. The van der Waals surface area contributed by atoms with Crippen LogP contribution in [0, 0.1) is 0 Å². The number of hydrogen-bond acceptors (Lipinski definition) is 6. The maximum absolute atomic E-state index is 12.8. The number of amides is 1. The van der Waals surface area contributed by atoms with Crippen molar-refractivity contribution in [2.75, 3.05) is 19.8 Å². The molecule has 3 unspecified atom stereocenters. The zero-order chi connectivity index (χ0) is 46.0. The van der Waals surface area contributed by atoms with Crippen LogP contribution < -0.4 is 11.1 Å². The summed E-state index contributed by atoms with van der Waals surface area (Å²) in [6.07, 6.45) is 63.3. The van der Waals surface area contributed by atoms with Gasteiger partial charge in [-0.25, -0.2) is 4.57 Å². The van der Waals surface area contributed by atoms with Crippen molar-refractivity contribution < 1.29 is 28.4 Å². The van der Waals surface area contributed by atoms with E-state index in [1.807, 2.05) is 6.08 Å².